The van der Waals surface area contributed by atoms with Gasteiger partial charge in [-0.2, -0.15) is 0 Å². The fourth-order valence-electron chi connectivity index (χ4n) is 2.76. The molecule has 1 saturated heterocycles. The molecule has 0 saturated carbocycles. The number of likely N-dealkylation sites (tertiary alicyclic amines) is 1. The smallest absolute Gasteiger partial charge is 0.232 e. The Labute approximate surface area is 118 Å². The predicted molar refractivity (Wildman–Crippen MR) is 76.8 cm³/mol. The highest BCUT2D eigenvalue weighted by atomic mass is 32.2. The average molecular weight is 293 g/mol. The number of hydrogen-bond acceptors (Lipinski definition) is 4. The molecule has 19 heavy (non-hydrogen) atoms. The fraction of sp³-hybridized carbons (Fsp3) is 1.00. The lowest BCUT2D eigenvalue weighted by atomic mass is 9.87. The molecular formula is C12H27N3O3S. The van der Waals surface area contributed by atoms with Crippen LogP contribution in [-0.2, 0) is 11.3 Å². The van der Waals surface area contributed by atoms with Crippen molar-refractivity contribution in [3.05, 3.63) is 0 Å². The Morgan fingerprint density at radius 1 is 1.32 bits per heavy atom. The zero-order valence-corrected chi connectivity index (χ0v) is 12.4. The Morgan fingerprint density at radius 2 is 2.00 bits per heavy atom. The zero-order chi connectivity index (χ0) is 14.3. The van der Waals surface area contributed by atoms with E-state index in [4.69, 9.17) is 10.3 Å². The lowest BCUT2D eigenvalue weighted by Crippen LogP contribution is -2.57. The maximum absolute atomic E-state index is 10.8. The molecule has 4 atom stereocenters. The van der Waals surface area contributed by atoms with Crippen LogP contribution >= 0.6 is 0 Å². The number of rotatable bonds is 8. The van der Waals surface area contributed by atoms with Gasteiger partial charge in [0.2, 0.25) is 11.3 Å². The first kappa shape index (κ1) is 17.0. The highest BCUT2D eigenvalue weighted by Crippen LogP contribution is 2.22. The van der Waals surface area contributed by atoms with Crippen molar-refractivity contribution < 1.29 is 13.9 Å². The van der Waals surface area contributed by atoms with Crippen molar-refractivity contribution in [2.75, 3.05) is 26.7 Å². The Balaban J connectivity index is 2.36. The van der Waals surface area contributed by atoms with Gasteiger partial charge in [-0.25, -0.2) is 8.93 Å². The molecule has 0 bridgehead atoms. The minimum atomic E-state index is -2.07. The van der Waals surface area contributed by atoms with E-state index in [2.05, 4.69) is 9.62 Å². The maximum atomic E-state index is 10.8. The molecular weight excluding hydrogens is 266 g/mol. The number of hydrogen-bond donors (Lipinski definition) is 4. The van der Waals surface area contributed by atoms with Gasteiger partial charge in [-0.15, -0.1) is 0 Å². The normalized spacial score (nSPS) is 30.4. The molecule has 6 nitrogen and oxygen atoms in total. The summed E-state index contributed by atoms with van der Waals surface area (Å²) in [5.74, 6) is 0.165. The first-order valence-corrected chi connectivity index (χ1v) is 8.09. The lowest BCUT2D eigenvalue weighted by molar-refractivity contribution is 0.00873. The van der Waals surface area contributed by atoms with Gasteiger partial charge in [0.1, 0.15) is 0 Å². The van der Waals surface area contributed by atoms with Gasteiger partial charge in [-0.1, -0.05) is 19.3 Å². The molecule has 5 N–H and O–H groups in total. The summed E-state index contributed by atoms with van der Waals surface area (Å²) >= 11 is -2.07. The molecule has 0 aromatic carbocycles. The fourth-order valence-corrected chi connectivity index (χ4v) is 3.23. The molecule has 1 rings (SSSR count). The summed E-state index contributed by atoms with van der Waals surface area (Å²) in [6, 6.07) is -0.335. The van der Waals surface area contributed by atoms with Crippen molar-refractivity contribution in [1.29, 1.82) is 0 Å². The second-order valence-electron chi connectivity index (χ2n) is 5.44. The lowest BCUT2D eigenvalue weighted by Gasteiger charge is -2.39. The summed E-state index contributed by atoms with van der Waals surface area (Å²) in [6.07, 6.45) is 4.80. The number of nitrogens with zero attached hydrogens (tertiary/aromatic N) is 1. The summed E-state index contributed by atoms with van der Waals surface area (Å²) in [5.41, 5.74) is 5.45. The average Bonchev–Trinajstić information content (AvgIpc) is 2.33. The van der Waals surface area contributed by atoms with E-state index in [0.29, 0.717) is 6.54 Å². The van der Waals surface area contributed by atoms with Gasteiger partial charge in [-0.3, -0.25) is 4.55 Å². The molecule has 0 aliphatic carbocycles. The molecule has 1 aliphatic rings. The number of aliphatic hydroxyl groups excluding tert-OH is 1. The van der Waals surface area contributed by atoms with Crippen molar-refractivity contribution in [3.63, 3.8) is 0 Å². The van der Waals surface area contributed by atoms with Crippen molar-refractivity contribution in [2.24, 2.45) is 11.7 Å². The summed E-state index contributed by atoms with van der Waals surface area (Å²) in [4.78, 5) is 2.10. The van der Waals surface area contributed by atoms with Crippen LogP contribution in [0.5, 0.6) is 0 Å². The number of piperidine rings is 1. The minimum absolute atomic E-state index is 0.165. The molecule has 0 spiro atoms. The molecule has 0 aromatic rings. The SMILES string of the molecule is CN1C[C@H](CCCCCCN)[C@@H](O)[C@H](NS(=O)O)C1. The van der Waals surface area contributed by atoms with Crippen LogP contribution in [0.3, 0.4) is 0 Å². The third-order valence-corrected chi connectivity index (χ3v) is 4.24. The van der Waals surface area contributed by atoms with E-state index in [9.17, 15) is 9.32 Å². The van der Waals surface area contributed by atoms with Crippen molar-refractivity contribution in [3.8, 4) is 0 Å². The molecule has 0 amide bonds. The Bertz CT molecular complexity index is 281. The number of aliphatic hydroxyl groups is 1. The molecule has 0 radical (unpaired) electrons. The molecule has 7 heteroatoms. The second kappa shape index (κ2) is 8.99. The zero-order valence-electron chi connectivity index (χ0n) is 11.6. The molecule has 1 aliphatic heterocycles. The monoisotopic (exact) mass is 293 g/mol. The minimum Gasteiger partial charge on any atom is -0.391 e. The predicted octanol–water partition coefficient (Wildman–Crippen LogP) is -0.0870. The van der Waals surface area contributed by atoms with Gasteiger partial charge in [0.15, 0.2) is 0 Å². The van der Waals surface area contributed by atoms with Crippen LogP contribution in [0.4, 0.5) is 0 Å². The van der Waals surface area contributed by atoms with E-state index in [1.54, 1.807) is 0 Å². The van der Waals surface area contributed by atoms with Crippen LogP contribution in [0.1, 0.15) is 32.1 Å². The van der Waals surface area contributed by atoms with E-state index in [0.717, 1.165) is 45.2 Å². The highest BCUT2D eigenvalue weighted by molar-refractivity contribution is 7.77. The maximum Gasteiger partial charge on any atom is 0.232 e. The standard InChI is InChI=1S/C12H27N3O3S/c1-15-8-10(6-4-2-3-5-7-13)12(16)11(9-15)14-19(17)18/h10-12,14,16H,2-9,13H2,1H3,(H,17,18)/t10-,11+,12+/m0/s1. The van der Waals surface area contributed by atoms with Crippen LogP contribution in [0.15, 0.2) is 0 Å². The van der Waals surface area contributed by atoms with E-state index in [1.807, 2.05) is 7.05 Å². The van der Waals surface area contributed by atoms with E-state index >= 15 is 0 Å². The molecule has 1 fully saturated rings. The quantitative estimate of drug-likeness (QED) is 0.370. The Kier molecular flexibility index (Phi) is 8.05. The first-order valence-electron chi connectivity index (χ1n) is 6.98. The van der Waals surface area contributed by atoms with Gasteiger partial charge in [0, 0.05) is 13.1 Å². The van der Waals surface area contributed by atoms with E-state index in [-0.39, 0.29) is 12.0 Å². The third-order valence-electron chi connectivity index (χ3n) is 3.73. The summed E-state index contributed by atoms with van der Waals surface area (Å²) < 4.78 is 22.2. The first-order chi connectivity index (χ1) is 9.04. The second-order valence-corrected chi connectivity index (χ2v) is 6.17. The molecule has 0 aromatic heterocycles. The van der Waals surface area contributed by atoms with Gasteiger partial charge in [0.05, 0.1) is 12.1 Å². The number of unbranched alkanes of at least 4 members (excludes halogenated alkanes) is 3. The van der Waals surface area contributed by atoms with Crippen LogP contribution in [0.2, 0.25) is 0 Å². The van der Waals surface area contributed by atoms with Gasteiger partial charge in [-0.05, 0) is 32.4 Å². The van der Waals surface area contributed by atoms with Crippen LogP contribution in [0.25, 0.3) is 0 Å². The van der Waals surface area contributed by atoms with Crippen LogP contribution < -0.4 is 10.5 Å². The molecule has 1 unspecified atom stereocenters. The van der Waals surface area contributed by atoms with Crippen molar-refractivity contribution >= 4 is 11.3 Å². The van der Waals surface area contributed by atoms with E-state index in [1.165, 1.54) is 0 Å². The van der Waals surface area contributed by atoms with Gasteiger partial charge >= 0.3 is 0 Å². The molecule has 1 heterocycles. The molecule has 114 valence electrons. The largest absolute Gasteiger partial charge is 0.391 e. The number of nitrogens with one attached hydrogen (secondary N) is 1. The van der Waals surface area contributed by atoms with E-state index < -0.39 is 17.4 Å². The Hall–Kier alpha value is -0.0500. The van der Waals surface area contributed by atoms with Crippen LogP contribution in [0, 0.1) is 5.92 Å². The number of likely N-dealkylation sites (N-methyl/N-ethyl adjacent to an activating group) is 1. The summed E-state index contributed by atoms with van der Waals surface area (Å²) in [7, 11) is 1.97. The van der Waals surface area contributed by atoms with Crippen LogP contribution in [-0.4, -0.2) is 57.6 Å². The van der Waals surface area contributed by atoms with Gasteiger partial charge in [0.25, 0.3) is 0 Å². The topological polar surface area (TPSA) is 98.8 Å². The van der Waals surface area contributed by atoms with Crippen molar-refractivity contribution in [1.82, 2.24) is 9.62 Å². The third kappa shape index (κ3) is 6.29. The van der Waals surface area contributed by atoms with Gasteiger partial charge < -0.3 is 15.7 Å². The van der Waals surface area contributed by atoms with Crippen molar-refractivity contribution in [2.45, 2.75) is 44.2 Å². The summed E-state index contributed by atoms with van der Waals surface area (Å²) in [6.45, 7) is 2.18. The highest BCUT2D eigenvalue weighted by Gasteiger charge is 2.34. The number of nitrogens with two attached hydrogens (primary N) is 1. The Morgan fingerprint density at radius 3 is 2.63 bits per heavy atom. The summed E-state index contributed by atoms with van der Waals surface area (Å²) in [5, 5.41) is 10.2.